The van der Waals surface area contributed by atoms with E-state index in [0.29, 0.717) is 24.3 Å². The predicted molar refractivity (Wildman–Crippen MR) is 120 cm³/mol. The molecule has 0 heterocycles. The van der Waals surface area contributed by atoms with Gasteiger partial charge in [0.15, 0.2) is 0 Å². The molecule has 0 spiro atoms. The fourth-order valence-corrected chi connectivity index (χ4v) is 4.52. The Hall–Kier alpha value is -2.78. The van der Waals surface area contributed by atoms with Gasteiger partial charge < -0.3 is 5.32 Å². The highest BCUT2D eigenvalue weighted by atomic mass is 32.2. The third kappa shape index (κ3) is 7.15. The van der Waals surface area contributed by atoms with Crippen molar-refractivity contribution >= 4 is 27.3 Å². The number of nitrogens with zero attached hydrogens (tertiary/aromatic N) is 2. The summed E-state index contributed by atoms with van der Waals surface area (Å²) in [5.74, 6) is -0.294. The Morgan fingerprint density at radius 2 is 1.52 bits per heavy atom. The largest absolute Gasteiger partial charge is 0.326 e. The zero-order chi connectivity index (χ0) is 22.9. The topological polar surface area (TPSA) is 110 Å². The predicted octanol–water partition coefficient (Wildman–Crippen LogP) is 4.37. The van der Waals surface area contributed by atoms with E-state index < -0.39 is 14.9 Å². The molecule has 0 aliphatic carbocycles. The highest BCUT2D eigenvalue weighted by Gasteiger charge is 2.23. The number of non-ortho nitro benzene ring substituents is 1. The monoisotopic (exact) mass is 447 g/mol. The number of anilines is 1. The number of hydrogen-bond donors (Lipinski definition) is 1. The van der Waals surface area contributed by atoms with Crippen LogP contribution < -0.4 is 5.32 Å². The van der Waals surface area contributed by atoms with Crippen molar-refractivity contribution in [1.29, 1.82) is 0 Å². The average molecular weight is 448 g/mol. The van der Waals surface area contributed by atoms with Crippen LogP contribution in [0.1, 0.15) is 45.1 Å². The van der Waals surface area contributed by atoms with Crippen LogP contribution in [0.15, 0.2) is 53.4 Å². The second-order valence-corrected chi connectivity index (χ2v) is 9.22. The second-order valence-electron chi connectivity index (χ2n) is 7.28. The number of rotatable bonds is 12. The van der Waals surface area contributed by atoms with Crippen molar-refractivity contribution in [2.75, 3.05) is 18.4 Å². The summed E-state index contributed by atoms with van der Waals surface area (Å²) in [6.45, 7) is 5.04. The quantitative estimate of drug-likeness (QED) is 0.384. The van der Waals surface area contributed by atoms with Gasteiger partial charge in [0.25, 0.3) is 5.69 Å². The maximum atomic E-state index is 13.0. The molecule has 2 aromatic rings. The van der Waals surface area contributed by atoms with Crippen molar-refractivity contribution in [3.8, 4) is 0 Å². The number of unbranched alkanes of at least 4 members (excludes halogenated alkanes) is 2. The van der Waals surface area contributed by atoms with Crippen molar-refractivity contribution < 1.29 is 18.1 Å². The van der Waals surface area contributed by atoms with E-state index in [4.69, 9.17) is 0 Å². The van der Waals surface area contributed by atoms with Gasteiger partial charge in [0, 0.05) is 30.9 Å². The maximum absolute atomic E-state index is 13.0. The molecule has 9 heteroatoms. The molecule has 0 unspecified atom stereocenters. The van der Waals surface area contributed by atoms with Crippen LogP contribution in [-0.2, 0) is 21.2 Å². The van der Waals surface area contributed by atoms with E-state index in [1.165, 1.54) is 40.7 Å². The number of carbonyl (C=O) groups is 1. The summed E-state index contributed by atoms with van der Waals surface area (Å²) < 4.78 is 27.5. The molecule has 0 saturated carbocycles. The Balaban J connectivity index is 2.04. The summed E-state index contributed by atoms with van der Waals surface area (Å²) in [5.41, 5.74) is 1.09. The van der Waals surface area contributed by atoms with Crippen LogP contribution in [0.2, 0.25) is 0 Å². The molecule has 0 aliphatic heterocycles. The second kappa shape index (κ2) is 11.6. The first kappa shape index (κ1) is 24.5. The Bertz CT molecular complexity index is 965. The van der Waals surface area contributed by atoms with E-state index in [0.717, 1.165) is 25.7 Å². The molecule has 0 atom stereocenters. The molecule has 2 aromatic carbocycles. The van der Waals surface area contributed by atoms with Crippen molar-refractivity contribution in [3.05, 3.63) is 64.2 Å². The summed E-state index contributed by atoms with van der Waals surface area (Å²) in [5, 5.41) is 13.4. The first-order valence-corrected chi connectivity index (χ1v) is 11.8. The van der Waals surface area contributed by atoms with Crippen molar-refractivity contribution in [3.63, 3.8) is 0 Å². The fraction of sp³-hybridized carbons (Fsp3) is 0.409. The van der Waals surface area contributed by atoms with Crippen LogP contribution >= 0.6 is 0 Å². The van der Waals surface area contributed by atoms with E-state index in [1.54, 1.807) is 12.1 Å². The molecule has 0 aromatic heterocycles. The standard InChI is InChI=1S/C22H29N3O5S/c1-3-5-15-24(16-6-4-2)31(29,30)21-13-9-19(10-14-21)23-22(26)17-18-7-11-20(12-8-18)25(27)28/h7-14H,3-6,15-17H2,1-2H3,(H,23,26). The first-order valence-electron chi connectivity index (χ1n) is 10.4. The minimum absolute atomic E-state index is 0.0344. The lowest BCUT2D eigenvalue weighted by atomic mass is 10.1. The molecular weight excluding hydrogens is 418 g/mol. The molecular formula is C22H29N3O5S. The molecule has 0 fully saturated rings. The maximum Gasteiger partial charge on any atom is 0.269 e. The third-order valence-corrected chi connectivity index (χ3v) is 6.72. The van der Waals surface area contributed by atoms with Crippen LogP contribution in [0.3, 0.4) is 0 Å². The SMILES string of the molecule is CCCCN(CCCC)S(=O)(=O)c1ccc(NC(=O)Cc2ccc([N+](=O)[O-])cc2)cc1. The number of nitro groups is 1. The zero-order valence-corrected chi connectivity index (χ0v) is 18.7. The van der Waals surface area contributed by atoms with Crippen molar-refractivity contribution in [1.82, 2.24) is 4.31 Å². The molecule has 168 valence electrons. The average Bonchev–Trinajstić information content (AvgIpc) is 2.74. The highest BCUT2D eigenvalue weighted by molar-refractivity contribution is 7.89. The van der Waals surface area contributed by atoms with Crippen LogP contribution in [-0.4, -0.2) is 36.6 Å². The van der Waals surface area contributed by atoms with E-state index >= 15 is 0 Å². The lowest BCUT2D eigenvalue weighted by Gasteiger charge is -2.22. The van der Waals surface area contributed by atoms with Gasteiger partial charge in [-0.05, 0) is 42.7 Å². The summed E-state index contributed by atoms with van der Waals surface area (Å²) in [4.78, 5) is 22.7. The molecule has 1 amide bonds. The first-order chi connectivity index (χ1) is 14.8. The van der Waals surface area contributed by atoms with Crippen molar-refractivity contribution in [2.45, 2.75) is 50.8 Å². The lowest BCUT2D eigenvalue weighted by molar-refractivity contribution is -0.384. The molecule has 31 heavy (non-hydrogen) atoms. The van der Waals surface area contributed by atoms with Gasteiger partial charge in [0.1, 0.15) is 0 Å². The summed E-state index contributed by atoms with van der Waals surface area (Å²) in [6, 6.07) is 11.9. The summed E-state index contributed by atoms with van der Waals surface area (Å²) >= 11 is 0. The Labute approximate surface area is 183 Å². The van der Waals surface area contributed by atoms with Gasteiger partial charge in [0.05, 0.1) is 16.2 Å². The van der Waals surface area contributed by atoms with Gasteiger partial charge in [-0.3, -0.25) is 14.9 Å². The Morgan fingerprint density at radius 3 is 2.00 bits per heavy atom. The molecule has 1 N–H and O–H groups in total. The van der Waals surface area contributed by atoms with Gasteiger partial charge in [0.2, 0.25) is 15.9 Å². The van der Waals surface area contributed by atoms with E-state index in [1.807, 2.05) is 13.8 Å². The lowest BCUT2D eigenvalue weighted by Crippen LogP contribution is -2.33. The number of nitrogens with one attached hydrogen (secondary N) is 1. The molecule has 0 bridgehead atoms. The fourth-order valence-electron chi connectivity index (χ4n) is 3.01. The van der Waals surface area contributed by atoms with E-state index in [9.17, 15) is 23.3 Å². The van der Waals surface area contributed by atoms with Gasteiger partial charge in [-0.15, -0.1) is 0 Å². The minimum atomic E-state index is -3.58. The van der Waals surface area contributed by atoms with Crippen LogP contribution in [0, 0.1) is 10.1 Å². The Morgan fingerprint density at radius 1 is 0.968 bits per heavy atom. The van der Waals surface area contributed by atoms with E-state index in [-0.39, 0.29) is 22.9 Å². The zero-order valence-electron chi connectivity index (χ0n) is 17.9. The Kier molecular flexibility index (Phi) is 9.14. The summed E-state index contributed by atoms with van der Waals surface area (Å²) in [6.07, 6.45) is 3.50. The molecule has 8 nitrogen and oxygen atoms in total. The van der Waals surface area contributed by atoms with Gasteiger partial charge in [-0.25, -0.2) is 8.42 Å². The summed E-state index contributed by atoms with van der Waals surface area (Å²) in [7, 11) is -3.58. The van der Waals surface area contributed by atoms with Crippen LogP contribution in [0.4, 0.5) is 11.4 Å². The molecule has 0 saturated heterocycles. The van der Waals surface area contributed by atoms with E-state index in [2.05, 4.69) is 5.32 Å². The van der Waals surface area contributed by atoms with Crippen LogP contribution in [0.5, 0.6) is 0 Å². The molecule has 0 radical (unpaired) electrons. The van der Waals surface area contributed by atoms with Gasteiger partial charge >= 0.3 is 0 Å². The normalized spacial score (nSPS) is 11.5. The van der Waals surface area contributed by atoms with Crippen LogP contribution in [0.25, 0.3) is 0 Å². The van der Waals surface area contributed by atoms with Crippen molar-refractivity contribution in [2.24, 2.45) is 0 Å². The number of benzene rings is 2. The number of sulfonamides is 1. The van der Waals surface area contributed by atoms with Gasteiger partial charge in [-0.1, -0.05) is 38.8 Å². The third-order valence-electron chi connectivity index (χ3n) is 4.81. The molecule has 2 rings (SSSR count). The highest BCUT2D eigenvalue weighted by Crippen LogP contribution is 2.20. The smallest absolute Gasteiger partial charge is 0.269 e. The number of nitro benzene ring substituents is 1. The number of hydrogen-bond acceptors (Lipinski definition) is 5. The number of carbonyl (C=O) groups excluding carboxylic acids is 1. The number of amides is 1. The minimum Gasteiger partial charge on any atom is -0.326 e. The van der Waals surface area contributed by atoms with Gasteiger partial charge in [-0.2, -0.15) is 4.31 Å². The molecule has 0 aliphatic rings.